The molecule has 4 heteroatoms. The highest BCUT2D eigenvalue weighted by atomic mass is 16.2. The zero-order valence-corrected chi connectivity index (χ0v) is 15.7. The van der Waals surface area contributed by atoms with E-state index >= 15 is 0 Å². The summed E-state index contributed by atoms with van der Waals surface area (Å²) in [6.07, 6.45) is 5.20. The van der Waals surface area contributed by atoms with Gasteiger partial charge < -0.3 is 10.2 Å². The normalized spacial score (nSPS) is 21.4. The van der Waals surface area contributed by atoms with Gasteiger partial charge in [-0.15, -0.1) is 0 Å². The summed E-state index contributed by atoms with van der Waals surface area (Å²) in [4.78, 5) is 26.5. The molecule has 1 fully saturated rings. The number of hydrogen-bond donors (Lipinski definition) is 1. The van der Waals surface area contributed by atoms with Crippen LogP contribution in [-0.2, 0) is 22.4 Å². The average Bonchev–Trinajstić information content (AvgIpc) is 2.94. The standard InChI is InChI=1S/C21H30N2O2/c1-14(2)12-23-13-19(11-20(23)24)21(25)22-15(3)17-9-8-16-6-4-5-7-18(16)10-17/h8-10,14-15,19H,4-7,11-13H2,1-3H3,(H,22,25)/t15-,19-/m1/s1. The number of carbonyl (C=O) groups is 2. The van der Waals surface area contributed by atoms with Gasteiger partial charge in [0, 0.05) is 19.5 Å². The molecule has 3 rings (SSSR count). The average molecular weight is 342 g/mol. The molecule has 136 valence electrons. The third kappa shape index (κ3) is 4.23. The van der Waals surface area contributed by atoms with Crippen LogP contribution in [0, 0.1) is 11.8 Å². The Hall–Kier alpha value is -1.84. The maximum Gasteiger partial charge on any atom is 0.225 e. The Morgan fingerprint density at radius 3 is 2.64 bits per heavy atom. The highest BCUT2D eigenvalue weighted by Crippen LogP contribution is 2.26. The van der Waals surface area contributed by atoms with Gasteiger partial charge in [0.1, 0.15) is 0 Å². The number of hydrogen-bond acceptors (Lipinski definition) is 2. The quantitative estimate of drug-likeness (QED) is 0.893. The third-order valence-corrected chi connectivity index (χ3v) is 5.40. The Kier molecular flexibility index (Phi) is 5.45. The molecule has 0 unspecified atom stereocenters. The van der Waals surface area contributed by atoms with Crippen LogP contribution in [-0.4, -0.2) is 29.8 Å². The number of nitrogens with one attached hydrogen (secondary N) is 1. The maximum absolute atomic E-state index is 12.6. The molecule has 4 nitrogen and oxygen atoms in total. The molecule has 0 saturated carbocycles. The van der Waals surface area contributed by atoms with Crippen LogP contribution in [0.3, 0.4) is 0 Å². The highest BCUT2D eigenvalue weighted by Gasteiger charge is 2.34. The summed E-state index contributed by atoms with van der Waals surface area (Å²) in [5, 5.41) is 3.12. The summed E-state index contributed by atoms with van der Waals surface area (Å²) in [5.74, 6) is 0.326. The molecule has 1 heterocycles. The minimum Gasteiger partial charge on any atom is -0.349 e. The van der Waals surface area contributed by atoms with Gasteiger partial charge in [-0.05, 0) is 55.2 Å². The van der Waals surface area contributed by atoms with Gasteiger partial charge >= 0.3 is 0 Å². The molecule has 1 aromatic rings. The molecule has 0 radical (unpaired) electrons. The SMILES string of the molecule is CC(C)CN1C[C@H](C(=O)N[C@H](C)c2ccc3c(c2)CCCC3)CC1=O. The number of fused-ring (bicyclic) bond motifs is 1. The summed E-state index contributed by atoms with van der Waals surface area (Å²) in [7, 11) is 0. The van der Waals surface area contributed by atoms with Crippen molar-refractivity contribution in [2.24, 2.45) is 11.8 Å². The number of likely N-dealkylation sites (tertiary alicyclic amines) is 1. The van der Waals surface area contributed by atoms with Crippen molar-refractivity contribution in [2.45, 2.75) is 58.9 Å². The highest BCUT2D eigenvalue weighted by molar-refractivity contribution is 5.89. The Bertz CT molecular complexity index is 653. The zero-order valence-electron chi connectivity index (χ0n) is 15.7. The molecule has 0 spiro atoms. The lowest BCUT2D eigenvalue weighted by atomic mass is 9.89. The maximum atomic E-state index is 12.6. The lowest BCUT2D eigenvalue weighted by Crippen LogP contribution is -2.35. The van der Waals surface area contributed by atoms with E-state index in [-0.39, 0.29) is 23.8 Å². The fourth-order valence-corrected chi connectivity index (χ4v) is 4.00. The van der Waals surface area contributed by atoms with Crippen molar-refractivity contribution in [3.8, 4) is 0 Å². The first-order valence-electron chi connectivity index (χ1n) is 9.64. The smallest absolute Gasteiger partial charge is 0.225 e. The number of aryl methyl sites for hydroxylation is 2. The molecule has 1 N–H and O–H groups in total. The minimum absolute atomic E-state index is 0.00447. The van der Waals surface area contributed by atoms with Gasteiger partial charge in [-0.1, -0.05) is 32.0 Å². The second kappa shape index (κ2) is 7.59. The van der Waals surface area contributed by atoms with Crippen LogP contribution in [0.15, 0.2) is 18.2 Å². The molecule has 25 heavy (non-hydrogen) atoms. The van der Waals surface area contributed by atoms with Crippen molar-refractivity contribution in [3.05, 3.63) is 34.9 Å². The first-order valence-corrected chi connectivity index (χ1v) is 9.64. The number of carbonyl (C=O) groups excluding carboxylic acids is 2. The molecule has 1 saturated heterocycles. The zero-order chi connectivity index (χ0) is 18.0. The van der Waals surface area contributed by atoms with E-state index in [1.807, 2.05) is 11.8 Å². The largest absolute Gasteiger partial charge is 0.349 e. The first-order chi connectivity index (χ1) is 11.9. The number of nitrogens with zero attached hydrogens (tertiary/aromatic N) is 1. The van der Waals surface area contributed by atoms with Gasteiger partial charge in [-0.25, -0.2) is 0 Å². The van der Waals surface area contributed by atoms with Crippen LogP contribution in [0.25, 0.3) is 0 Å². The first kappa shape index (κ1) is 18.0. The Morgan fingerprint density at radius 1 is 1.20 bits per heavy atom. The molecule has 2 aliphatic rings. The van der Waals surface area contributed by atoms with E-state index in [9.17, 15) is 9.59 Å². The van der Waals surface area contributed by atoms with Crippen molar-refractivity contribution in [1.82, 2.24) is 10.2 Å². The molecule has 2 atom stereocenters. The van der Waals surface area contributed by atoms with Crippen LogP contribution in [0.4, 0.5) is 0 Å². The molecule has 1 aliphatic carbocycles. The van der Waals surface area contributed by atoms with E-state index in [1.165, 1.54) is 30.4 Å². The topological polar surface area (TPSA) is 49.4 Å². The summed E-state index contributed by atoms with van der Waals surface area (Å²) < 4.78 is 0. The second-order valence-electron chi connectivity index (χ2n) is 8.06. The Balaban J connectivity index is 1.60. The molecule has 2 amide bonds. The van der Waals surface area contributed by atoms with E-state index in [0.29, 0.717) is 18.9 Å². The fraction of sp³-hybridized carbons (Fsp3) is 0.619. The summed E-state index contributed by atoms with van der Waals surface area (Å²) in [5.41, 5.74) is 4.06. The molecule has 0 aromatic heterocycles. The summed E-state index contributed by atoms with van der Waals surface area (Å²) in [6.45, 7) is 7.52. The van der Waals surface area contributed by atoms with Crippen LogP contribution in [0.1, 0.15) is 62.8 Å². The van der Waals surface area contributed by atoms with Gasteiger partial charge in [0.15, 0.2) is 0 Å². The predicted octanol–water partition coefficient (Wildman–Crippen LogP) is 3.25. The van der Waals surface area contributed by atoms with E-state index in [4.69, 9.17) is 0 Å². The van der Waals surface area contributed by atoms with E-state index in [2.05, 4.69) is 37.4 Å². The van der Waals surface area contributed by atoms with Crippen molar-refractivity contribution in [1.29, 1.82) is 0 Å². The van der Waals surface area contributed by atoms with Gasteiger partial charge in [0.2, 0.25) is 11.8 Å². The van der Waals surface area contributed by atoms with Gasteiger partial charge in [-0.2, -0.15) is 0 Å². The minimum atomic E-state index is -0.216. The van der Waals surface area contributed by atoms with Crippen molar-refractivity contribution >= 4 is 11.8 Å². The van der Waals surface area contributed by atoms with Crippen LogP contribution in [0.2, 0.25) is 0 Å². The third-order valence-electron chi connectivity index (χ3n) is 5.40. The van der Waals surface area contributed by atoms with Crippen molar-refractivity contribution < 1.29 is 9.59 Å². The van der Waals surface area contributed by atoms with E-state index < -0.39 is 0 Å². The number of rotatable bonds is 5. The summed E-state index contributed by atoms with van der Waals surface area (Å²) in [6, 6.07) is 6.59. The lowest BCUT2D eigenvalue weighted by molar-refractivity contribution is -0.129. The van der Waals surface area contributed by atoms with Gasteiger partial charge in [0.25, 0.3) is 0 Å². The van der Waals surface area contributed by atoms with Crippen LogP contribution < -0.4 is 5.32 Å². The lowest BCUT2D eigenvalue weighted by Gasteiger charge is -2.22. The summed E-state index contributed by atoms with van der Waals surface area (Å²) >= 11 is 0. The number of benzene rings is 1. The number of amides is 2. The molecular formula is C21H30N2O2. The fourth-order valence-electron chi connectivity index (χ4n) is 4.00. The molecule has 1 aliphatic heterocycles. The molecular weight excluding hydrogens is 312 g/mol. The molecule has 0 bridgehead atoms. The van der Waals surface area contributed by atoms with Crippen LogP contribution in [0.5, 0.6) is 0 Å². The van der Waals surface area contributed by atoms with Gasteiger partial charge in [-0.3, -0.25) is 9.59 Å². The van der Waals surface area contributed by atoms with E-state index in [1.54, 1.807) is 0 Å². The molecule has 1 aromatic carbocycles. The van der Waals surface area contributed by atoms with Crippen molar-refractivity contribution in [2.75, 3.05) is 13.1 Å². The Morgan fingerprint density at radius 2 is 1.92 bits per heavy atom. The van der Waals surface area contributed by atoms with Crippen molar-refractivity contribution in [3.63, 3.8) is 0 Å². The van der Waals surface area contributed by atoms with E-state index in [0.717, 1.165) is 18.5 Å². The Labute approximate surface area is 151 Å². The second-order valence-corrected chi connectivity index (χ2v) is 8.06. The van der Waals surface area contributed by atoms with Crippen LogP contribution >= 0.6 is 0 Å². The van der Waals surface area contributed by atoms with Gasteiger partial charge in [0.05, 0.1) is 12.0 Å². The monoisotopic (exact) mass is 342 g/mol. The predicted molar refractivity (Wildman–Crippen MR) is 99.2 cm³/mol.